The fraction of sp³-hybridized carbons (Fsp3) is 0.615. The molecular weight excluding hydrogens is 204 g/mol. The van der Waals surface area contributed by atoms with Crippen molar-refractivity contribution in [2.75, 3.05) is 0 Å². The second-order valence-corrected chi connectivity index (χ2v) is 4.07. The van der Waals surface area contributed by atoms with Crippen molar-refractivity contribution >= 4 is 0 Å². The van der Waals surface area contributed by atoms with E-state index in [0.29, 0.717) is 0 Å². The van der Waals surface area contributed by atoms with Gasteiger partial charge in [0.15, 0.2) is 0 Å². The van der Waals surface area contributed by atoms with E-state index in [2.05, 4.69) is 19.9 Å². The van der Waals surface area contributed by atoms with Gasteiger partial charge in [0.25, 0.3) is 0 Å². The average Bonchev–Trinajstić information content (AvgIpc) is 2.56. The first-order valence-corrected chi connectivity index (χ1v) is 5.66. The minimum Gasteiger partial charge on any atom is -0.195 e. The molecule has 0 saturated heterocycles. The number of rotatable bonds is 2. The Morgan fingerprint density at radius 3 is 2.57 bits per heavy atom. The van der Waals surface area contributed by atoms with Gasteiger partial charge in [-0.25, -0.2) is 0 Å². The van der Waals surface area contributed by atoms with Crippen molar-refractivity contribution in [2.45, 2.75) is 52.4 Å². The van der Waals surface area contributed by atoms with Crippen LogP contribution in [0.25, 0.3) is 0 Å². The smallest absolute Gasteiger partial charge is 0 e. The molecule has 2 rings (SSSR count). The van der Waals surface area contributed by atoms with Crippen molar-refractivity contribution in [3.63, 3.8) is 0 Å². The summed E-state index contributed by atoms with van der Waals surface area (Å²) >= 11 is 0. The molecule has 0 saturated carbocycles. The van der Waals surface area contributed by atoms with E-state index in [1.54, 1.807) is 22.3 Å². The molecule has 14 heavy (non-hydrogen) atoms. The van der Waals surface area contributed by atoms with Crippen molar-refractivity contribution in [1.29, 1.82) is 0 Å². The van der Waals surface area contributed by atoms with Crippen LogP contribution in [0.5, 0.6) is 0 Å². The van der Waals surface area contributed by atoms with Crippen molar-refractivity contribution in [3.05, 3.63) is 28.3 Å². The van der Waals surface area contributed by atoms with Gasteiger partial charge in [-0.1, -0.05) is 52.4 Å². The molecule has 0 spiro atoms. The van der Waals surface area contributed by atoms with E-state index in [-0.39, 0.29) is 21.7 Å². The van der Waals surface area contributed by atoms with Gasteiger partial charge in [0.1, 0.15) is 0 Å². The van der Waals surface area contributed by atoms with E-state index < -0.39 is 0 Å². The molecule has 0 aliphatic heterocycles. The van der Waals surface area contributed by atoms with Crippen molar-refractivity contribution in [1.82, 2.24) is 0 Å². The van der Waals surface area contributed by atoms with Crippen LogP contribution >= 0.6 is 0 Å². The van der Waals surface area contributed by atoms with Gasteiger partial charge >= 0.3 is 0 Å². The summed E-state index contributed by atoms with van der Waals surface area (Å²) in [5.41, 5.74) is 6.69. The molecule has 0 unspecified atom stereocenters. The Morgan fingerprint density at radius 2 is 1.93 bits per heavy atom. The summed E-state index contributed by atoms with van der Waals surface area (Å²) in [7, 11) is 0. The van der Waals surface area contributed by atoms with Crippen LogP contribution in [0.2, 0.25) is 0 Å². The third-order valence-electron chi connectivity index (χ3n) is 3.35. The predicted molar refractivity (Wildman–Crippen MR) is 57.4 cm³/mol. The van der Waals surface area contributed by atoms with Gasteiger partial charge in [-0.05, 0) is 0 Å². The first kappa shape index (κ1) is 12.1. The monoisotopic (exact) mass is 223 g/mol. The minimum atomic E-state index is 0. The summed E-state index contributed by atoms with van der Waals surface area (Å²) in [5, 5.41) is 0. The molecule has 1 aromatic carbocycles. The van der Waals surface area contributed by atoms with Gasteiger partial charge in [-0.2, -0.15) is 28.3 Å². The molecule has 0 aromatic heterocycles. The van der Waals surface area contributed by atoms with Crippen LogP contribution in [0.1, 0.15) is 48.9 Å². The molecule has 1 aliphatic carbocycles. The topological polar surface area (TPSA) is 0 Å². The van der Waals surface area contributed by atoms with Crippen molar-refractivity contribution in [2.24, 2.45) is 0 Å². The largest absolute Gasteiger partial charge is 0.195 e. The summed E-state index contributed by atoms with van der Waals surface area (Å²) in [5.74, 6) is 0. The summed E-state index contributed by atoms with van der Waals surface area (Å²) in [6.07, 6.45) is 7.96. The van der Waals surface area contributed by atoms with Crippen molar-refractivity contribution < 1.29 is 21.7 Å². The molecule has 76 valence electrons. The summed E-state index contributed by atoms with van der Waals surface area (Å²) in [6.45, 7) is 4.56. The fourth-order valence-corrected chi connectivity index (χ4v) is 2.63. The summed E-state index contributed by atoms with van der Waals surface area (Å²) in [4.78, 5) is 0. The maximum atomic E-state index is 2.45. The van der Waals surface area contributed by atoms with Gasteiger partial charge in [0.2, 0.25) is 0 Å². The minimum absolute atomic E-state index is 0. The Bertz CT molecular complexity index is 268. The number of aryl methyl sites for hydroxylation is 2. The zero-order valence-corrected chi connectivity index (χ0v) is 10.9. The molecule has 0 N–H and O–H groups in total. The number of hydrogen-bond acceptors (Lipinski definition) is 0. The van der Waals surface area contributed by atoms with Gasteiger partial charge in [-0.3, -0.25) is 0 Å². The molecule has 0 heterocycles. The van der Waals surface area contributed by atoms with Crippen LogP contribution in [0.15, 0.2) is 6.07 Å². The molecule has 1 heteroatoms. The van der Waals surface area contributed by atoms with Crippen LogP contribution in [0.4, 0.5) is 0 Å². The van der Waals surface area contributed by atoms with E-state index in [9.17, 15) is 0 Å². The molecule has 1 aromatic rings. The third kappa shape index (κ3) is 2.02. The van der Waals surface area contributed by atoms with E-state index in [1.165, 1.54) is 38.5 Å². The van der Waals surface area contributed by atoms with E-state index in [4.69, 9.17) is 0 Å². The Labute approximate surface area is 102 Å². The third-order valence-corrected chi connectivity index (χ3v) is 3.35. The van der Waals surface area contributed by atoms with Gasteiger partial charge in [-0.15, -0.1) is 0 Å². The Balaban J connectivity index is 0.000000980. The van der Waals surface area contributed by atoms with Crippen LogP contribution < -0.4 is 0 Å². The molecule has 0 radical (unpaired) electrons. The van der Waals surface area contributed by atoms with Crippen LogP contribution in [0, 0.1) is 0 Å². The molecular formula is C13H19Ti-. The fourth-order valence-electron chi connectivity index (χ4n) is 2.63. The number of fused-ring (bicyclic) bond motifs is 1. The second-order valence-electron chi connectivity index (χ2n) is 4.07. The van der Waals surface area contributed by atoms with Crippen LogP contribution in [-0.4, -0.2) is 0 Å². The molecule has 0 atom stereocenters. The molecule has 0 nitrogen and oxygen atoms in total. The molecule has 0 bridgehead atoms. The van der Waals surface area contributed by atoms with E-state index in [0.717, 1.165) is 0 Å². The van der Waals surface area contributed by atoms with E-state index in [1.807, 2.05) is 0 Å². The predicted octanol–water partition coefficient (Wildman–Crippen LogP) is 3.41. The SMILES string of the molecule is CCc1c[c-](CC)c2c1CCCC2.[Ti]. The normalized spacial score (nSPS) is 14.7. The van der Waals surface area contributed by atoms with Gasteiger partial charge in [0, 0.05) is 21.7 Å². The first-order chi connectivity index (χ1) is 6.36. The molecule has 0 fully saturated rings. The summed E-state index contributed by atoms with van der Waals surface area (Å²) in [6, 6.07) is 2.45. The van der Waals surface area contributed by atoms with Crippen LogP contribution in [-0.2, 0) is 47.4 Å². The average molecular weight is 223 g/mol. The Kier molecular flexibility index (Phi) is 4.53. The van der Waals surface area contributed by atoms with E-state index >= 15 is 0 Å². The molecule has 1 aliphatic rings. The Morgan fingerprint density at radius 1 is 1.21 bits per heavy atom. The van der Waals surface area contributed by atoms with Gasteiger partial charge in [0.05, 0.1) is 0 Å². The van der Waals surface area contributed by atoms with Gasteiger partial charge < -0.3 is 0 Å². The number of hydrogen-bond donors (Lipinski definition) is 0. The standard InChI is InChI=1S/C13H19.Ti/c1-3-10-9-11(4-2)13-8-6-5-7-12(10)13;/h9H,3-8H2,1-2H3;/q-1;. The van der Waals surface area contributed by atoms with Crippen molar-refractivity contribution in [3.8, 4) is 0 Å². The second kappa shape index (κ2) is 5.23. The molecule has 0 amide bonds. The quantitative estimate of drug-likeness (QED) is 0.532. The maximum Gasteiger partial charge on any atom is 0 e. The maximum absolute atomic E-state index is 2.45. The first-order valence-electron chi connectivity index (χ1n) is 5.66. The van der Waals surface area contributed by atoms with Crippen LogP contribution in [0.3, 0.4) is 0 Å². The summed E-state index contributed by atoms with van der Waals surface area (Å²) < 4.78 is 0. The zero-order chi connectivity index (χ0) is 9.26. The Hall–Kier alpha value is 0.0643. The zero-order valence-electron chi connectivity index (χ0n) is 9.32.